The summed E-state index contributed by atoms with van der Waals surface area (Å²) in [6.45, 7) is 5.20. The van der Waals surface area contributed by atoms with Gasteiger partial charge in [0.25, 0.3) is 0 Å². The molecular weight excluding hydrogens is 310 g/mol. The maximum Gasteiger partial charge on any atom is 0.313 e. The molecule has 0 unspecified atom stereocenters. The first kappa shape index (κ1) is 17.3. The van der Waals surface area contributed by atoms with Crippen LogP contribution < -0.4 is 16.0 Å². The molecule has 7 nitrogen and oxygen atoms in total. The Hall–Kier alpha value is -3.09. The highest BCUT2D eigenvalue weighted by atomic mass is 16.3. The first-order chi connectivity index (χ1) is 11.3. The van der Waals surface area contributed by atoms with E-state index >= 15 is 0 Å². The fourth-order valence-electron chi connectivity index (χ4n) is 2.18. The zero-order chi connectivity index (χ0) is 17.7. The van der Waals surface area contributed by atoms with Gasteiger partial charge in [-0.1, -0.05) is 6.07 Å². The van der Waals surface area contributed by atoms with E-state index in [0.717, 1.165) is 11.3 Å². The third-order valence-electron chi connectivity index (χ3n) is 3.23. The van der Waals surface area contributed by atoms with Crippen molar-refractivity contribution in [2.24, 2.45) is 0 Å². The summed E-state index contributed by atoms with van der Waals surface area (Å²) >= 11 is 0. The van der Waals surface area contributed by atoms with E-state index in [1.165, 1.54) is 6.92 Å². The Labute approximate surface area is 139 Å². The van der Waals surface area contributed by atoms with Crippen LogP contribution in [0.3, 0.4) is 0 Å². The first-order valence-corrected chi connectivity index (χ1v) is 7.38. The van der Waals surface area contributed by atoms with Gasteiger partial charge in [-0.2, -0.15) is 0 Å². The number of aryl methyl sites for hydroxylation is 2. The van der Waals surface area contributed by atoms with Gasteiger partial charge < -0.3 is 20.4 Å². The van der Waals surface area contributed by atoms with Crippen molar-refractivity contribution < 1.29 is 18.8 Å². The van der Waals surface area contributed by atoms with Gasteiger partial charge in [0, 0.05) is 30.4 Å². The van der Waals surface area contributed by atoms with Crippen molar-refractivity contribution in [3.05, 3.63) is 47.4 Å². The minimum atomic E-state index is -0.784. The van der Waals surface area contributed by atoms with E-state index in [9.17, 15) is 14.4 Å². The topological polar surface area (TPSA) is 100 Å². The summed E-state index contributed by atoms with van der Waals surface area (Å²) in [7, 11) is 0. The first-order valence-electron chi connectivity index (χ1n) is 7.38. The maximum atomic E-state index is 11.9. The second-order valence-electron chi connectivity index (χ2n) is 5.34. The van der Waals surface area contributed by atoms with Crippen molar-refractivity contribution in [3.63, 3.8) is 0 Å². The van der Waals surface area contributed by atoms with Crippen molar-refractivity contribution in [1.82, 2.24) is 5.32 Å². The van der Waals surface area contributed by atoms with Crippen LogP contribution in [-0.4, -0.2) is 17.7 Å². The van der Waals surface area contributed by atoms with E-state index in [1.807, 2.05) is 13.0 Å². The van der Waals surface area contributed by atoms with Crippen molar-refractivity contribution in [2.75, 3.05) is 10.6 Å². The molecule has 0 atom stereocenters. The number of carbonyl (C=O) groups excluding carboxylic acids is 3. The monoisotopic (exact) mass is 329 g/mol. The molecule has 1 aromatic carbocycles. The lowest BCUT2D eigenvalue weighted by molar-refractivity contribution is -0.136. The lowest BCUT2D eigenvalue weighted by Gasteiger charge is -2.08. The molecule has 0 aliphatic carbocycles. The zero-order valence-electron chi connectivity index (χ0n) is 13.7. The summed E-state index contributed by atoms with van der Waals surface area (Å²) in [5.41, 5.74) is 1.77. The van der Waals surface area contributed by atoms with Gasteiger partial charge in [-0.3, -0.25) is 14.4 Å². The lowest BCUT2D eigenvalue weighted by Crippen LogP contribution is -2.35. The van der Waals surface area contributed by atoms with Crippen LogP contribution in [0.1, 0.15) is 24.0 Å². The summed E-state index contributed by atoms with van der Waals surface area (Å²) < 4.78 is 5.36. The highest BCUT2D eigenvalue weighted by Crippen LogP contribution is 2.15. The number of nitrogens with one attached hydrogen (secondary N) is 3. The predicted octanol–water partition coefficient (Wildman–Crippen LogP) is 2.11. The lowest BCUT2D eigenvalue weighted by atomic mass is 10.2. The van der Waals surface area contributed by atoms with Gasteiger partial charge in [0.2, 0.25) is 5.91 Å². The fraction of sp³-hybridized carbons (Fsp3) is 0.235. The number of rotatable bonds is 4. The molecule has 2 aromatic rings. The third kappa shape index (κ3) is 4.70. The Morgan fingerprint density at radius 3 is 2.25 bits per heavy atom. The van der Waals surface area contributed by atoms with Crippen LogP contribution >= 0.6 is 0 Å². The molecule has 0 aliphatic rings. The van der Waals surface area contributed by atoms with Gasteiger partial charge in [-0.25, -0.2) is 0 Å². The van der Waals surface area contributed by atoms with Crippen molar-refractivity contribution in [3.8, 4) is 0 Å². The van der Waals surface area contributed by atoms with Crippen LogP contribution in [0.4, 0.5) is 11.4 Å². The Morgan fingerprint density at radius 1 is 1.00 bits per heavy atom. The normalized spacial score (nSPS) is 10.1. The van der Waals surface area contributed by atoms with E-state index < -0.39 is 11.8 Å². The van der Waals surface area contributed by atoms with E-state index in [2.05, 4.69) is 16.0 Å². The molecule has 3 N–H and O–H groups in total. The van der Waals surface area contributed by atoms with Gasteiger partial charge in [0.05, 0.1) is 0 Å². The molecule has 0 radical (unpaired) electrons. The number of benzene rings is 1. The van der Waals surface area contributed by atoms with E-state index in [-0.39, 0.29) is 12.5 Å². The molecule has 126 valence electrons. The summed E-state index contributed by atoms with van der Waals surface area (Å²) in [5, 5.41) is 7.63. The Kier molecular flexibility index (Phi) is 5.36. The number of anilines is 2. The maximum absolute atomic E-state index is 11.9. The second-order valence-corrected chi connectivity index (χ2v) is 5.34. The van der Waals surface area contributed by atoms with Gasteiger partial charge in [0.15, 0.2) is 0 Å². The third-order valence-corrected chi connectivity index (χ3v) is 3.23. The van der Waals surface area contributed by atoms with E-state index in [0.29, 0.717) is 17.1 Å². The summed E-state index contributed by atoms with van der Waals surface area (Å²) in [5.74, 6) is -0.305. The highest BCUT2D eigenvalue weighted by Gasteiger charge is 2.15. The molecule has 0 spiro atoms. The van der Waals surface area contributed by atoms with Crippen LogP contribution in [0.5, 0.6) is 0 Å². The van der Waals surface area contributed by atoms with Crippen molar-refractivity contribution >= 4 is 29.1 Å². The molecule has 7 heteroatoms. The molecule has 24 heavy (non-hydrogen) atoms. The number of furan rings is 1. The molecule has 3 amide bonds. The molecule has 0 saturated carbocycles. The second kappa shape index (κ2) is 7.45. The standard InChI is InChI=1S/C17H19N3O4/c1-10-7-13(11(2)24-10)9-18-16(22)17(23)20-15-6-4-5-14(8-15)19-12(3)21/h4-8H,9H2,1-3H3,(H,18,22)(H,19,21)(H,20,23). The number of hydrogen-bond donors (Lipinski definition) is 3. The number of amides is 3. The Morgan fingerprint density at radius 2 is 1.67 bits per heavy atom. The zero-order valence-corrected chi connectivity index (χ0v) is 13.7. The van der Waals surface area contributed by atoms with Crippen molar-refractivity contribution in [1.29, 1.82) is 0 Å². The highest BCUT2D eigenvalue weighted by molar-refractivity contribution is 6.39. The molecule has 1 heterocycles. The van der Waals surface area contributed by atoms with E-state index in [4.69, 9.17) is 4.42 Å². The molecule has 0 bridgehead atoms. The van der Waals surface area contributed by atoms with Crippen LogP contribution in [0.15, 0.2) is 34.7 Å². The van der Waals surface area contributed by atoms with Crippen molar-refractivity contribution in [2.45, 2.75) is 27.3 Å². The Bertz CT molecular complexity index is 780. The molecular formula is C17H19N3O4. The molecule has 0 fully saturated rings. The van der Waals surface area contributed by atoms with Gasteiger partial charge in [-0.05, 0) is 38.1 Å². The van der Waals surface area contributed by atoms with Crippen LogP contribution in [0.25, 0.3) is 0 Å². The summed E-state index contributed by atoms with van der Waals surface area (Å²) in [4.78, 5) is 34.8. The molecule has 1 aromatic heterocycles. The molecule has 2 rings (SSSR count). The van der Waals surface area contributed by atoms with E-state index in [1.54, 1.807) is 31.2 Å². The summed E-state index contributed by atoms with van der Waals surface area (Å²) in [6.07, 6.45) is 0. The predicted molar refractivity (Wildman–Crippen MR) is 89.4 cm³/mol. The molecule has 0 aliphatic heterocycles. The smallest absolute Gasteiger partial charge is 0.313 e. The number of hydrogen-bond acceptors (Lipinski definition) is 4. The van der Waals surface area contributed by atoms with Crippen LogP contribution in [0, 0.1) is 13.8 Å². The van der Waals surface area contributed by atoms with Gasteiger partial charge in [0.1, 0.15) is 11.5 Å². The summed E-state index contributed by atoms with van der Waals surface area (Å²) in [6, 6.07) is 8.35. The minimum absolute atomic E-state index is 0.210. The van der Waals surface area contributed by atoms with Gasteiger partial charge >= 0.3 is 11.8 Å². The van der Waals surface area contributed by atoms with Crippen LogP contribution in [-0.2, 0) is 20.9 Å². The fourth-order valence-corrected chi connectivity index (χ4v) is 2.18. The molecule has 0 saturated heterocycles. The SMILES string of the molecule is CC(=O)Nc1cccc(NC(=O)C(=O)NCc2cc(C)oc2C)c1. The quantitative estimate of drug-likeness (QED) is 0.748. The van der Waals surface area contributed by atoms with Gasteiger partial charge in [-0.15, -0.1) is 0 Å². The van der Waals surface area contributed by atoms with Crippen LogP contribution in [0.2, 0.25) is 0 Å². The Balaban J connectivity index is 1.93. The average molecular weight is 329 g/mol. The average Bonchev–Trinajstić information content (AvgIpc) is 2.82. The largest absolute Gasteiger partial charge is 0.466 e. The minimum Gasteiger partial charge on any atom is -0.466 e. The number of carbonyl (C=O) groups is 3.